The summed E-state index contributed by atoms with van der Waals surface area (Å²) in [6.45, 7) is 2.81. The zero-order valence-corrected chi connectivity index (χ0v) is 10.8. The maximum Gasteiger partial charge on any atom is 0.265 e. The van der Waals surface area contributed by atoms with Crippen LogP contribution in [0.15, 0.2) is 9.27 Å². The summed E-state index contributed by atoms with van der Waals surface area (Å²) in [6, 6.07) is 0. The monoisotopic (exact) mass is 286 g/mol. The second-order valence-corrected chi connectivity index (χ2v) is 4.76. The molecule has 0 spiro atoms. The Morgan fingerprint density at radius 2 is 2.44 bits per heavy atom. The molecular formula is C11H15BrN2O2. The molecule has 2 heterocycles. The van der Waals surface area contributed by atoms with E-state index in [0.29, 0.717) is 10.9 Å². The molecule has 2 rings (SSSR count). The van der Waals surface area contributed by atoms with Gasteiger partial charge in [0.05, 0.1) is 11.8 Å². The van der Waals surface area contributed by atoms with Crippen molar-refractivity contribution in [3.05, 3.63) is 26.3 Å². The third-order valence-corrected chi connectivity index (χ3v) is 3.58. The zero-order valence-electron chi connectivity index (χ0n) is 9.25. The fourth-order valence-corrected chi connectivity index (χ4v) is 2.38. The first-order valence-corrected chi connectivity index (χ1v) is 6.39. The van der Waals surface area contributed by atoms with Gasteiger partial charge in [-0.25, -0.2) is 4.98 Å². The SMILES string of the molecule is CCc1nc(CC2CCCO2)[nH]c(=O)c1Br. The van der Waals surface area contributed by atoms with Gasteiger partial charge in [0.15, 0.2) is 0 Å². The first kappa shape index (κ1) is 11.8. The van der Waals surface area contributed by atoms with Crippen LogP contribution in [0.4, 0.5) is 0 Å². The van der Waals surface area contributed by atoms with Crippen molar-refractivity contribution < 1.29 is 4.74 Å². The third-order valence-electron chi connectivity index (χ3n) is 2.76. The highest BCUT2D eigenvalue weighted by atomic mass is 79.9. The second kappa shape index (κ2) is 5.10. The molecule has 1 N–H and O–H groups in total. The molecule has 1 aromatic heterocycles. The van der Waals surface area contributed by atoms with Crippen LogP contribution in [0.1, 0.15) is 31.3 Å². The molecule has 0 amide bonds. The van der Waals surface area contributed by atoms with E-state index in [4.69, 9.17) is 4.74 Å². The maximum absolute atomic E-state index is 11.6. The van der Waals surface area contributed by atoms with Crippen LogP contribution in [0, 0.1) is 0 Å². The van der Waals surface area contributed by atoms with E-state index >= 15 is 0 Å². The van der Waals surface area contributed by atoms with Crippen molar-refractivity contribution in [2.45, 2.75) is 38.7 Å². The third kappa shape index (κ3) is 2.52. The first-order valence-electron chi connectivity index (χ1n) is 5.60. The molecule has 0 bridgehead atoms. The van der Waals surface area contributed by atoms with E-state index < -0.39 is 0 Å². The fourth-order valence-electron chi connectivity index (χ4n) is 1.91. The molecule has 0 aliphatic carbocycles. The molecule has 0 aromatic carbocycles. The predicted octanol–water partition coefficient (Wildman–Crippen LogP) is 1.82. The number of H-pyrrole nitrogens is 1. The zero-order chi connectivity index (χ0) is 11.5. The van der Waals surface area contributed by atoms with E-state index in [0.717, 1.165) is 37.4 Å². The topological polar surface area (TPSA) is 55.0 Å². The number of nitrogens with one attached hydrogen (secondary N) is 1. The van der Waals surface area contributed by atoms with Crippen LogP contribution in [0.2, 0.25) is 0 Å². The average Bonchev–Trinajstić information content (AvgIpc) is 2.76. The highest BCUT2D eigenvalue weighted by Gasteiger charge is 2.18. The number of hydrogen-bond donors (Lipinski definition) is 1. The van der Waals surface area contributed by atoms with Crippen molar-refractivity contribution in [3.63, 3.8) is 0 Å². The van der Waals surface area contributed by atoms with Crippen molar-refractivity contribution in [2.24, 2.45) is 0 Å². The summed E-state index contributed by atoms with van der Waals surface area (Å²) < 4.78 is 6.07. The molecule has 0 saturated carbocycles. The largest absolute Gasteiger partial charge is 0.378 e. The van der Waals surface area contributed by atoms with E-state index in [9.17, 15) is 4.79 Å². The second-order valence-electron chi connectivity index (χ2n) is 3.97. The standard InChI is InChI=1S/C11H15BrN2O2/c1-2-8-10(12)11(15)14-9(13-8)6-7-4-3-5-16-7/h7H,2-6H2,1H3,(H,13,14,15). The first-order chi connectivity index (χ1) is 7.70. The van der Waals surface area contributed by atoms with Gasteiger partial charge in [-0.05, 0) is 35.2 Å². The van der Waals surface area contributed by atoms with Gasteiger partial charge in [-0.3, -0.25) is 4.79 Å². The molecule has 4 nitrogen and oxygen atoms in total. The maximum atomic E-state index is 11.6. The number of hydrogen-bond acceptors (Lipinski definition) is 3. The lowest BCUT2D eigenvalue weighted by molar-refractivity contribution is 0.109. The lowest BCUT2D eigenvalue weighted by Gasteiger charge is -2.09. The Kier molecular flexibility index (Phi) is 3.76. The van der Waals surface area contributed by atoms with Gasteiger partial charge < -0.3 is 9.72 Å². The Balaban J connectivity index is 2.20. The number of aromatic nitrogens is 2. The van der Waals surface area contributed by atoms with Crippen LogP contribution in [0.5, 0.6) is 0 Å². The molecule has 16 heavy (non-hydrogen) atoms. The summed E-state index contributed by atoms with van der Waals surface area (Å²) in [6.07, 6.45) is 3.83. The Labute approximate surface area is 103 Å². The number of nitrogens with zero attached hydrogens (tertiary/aromatic N) is 1. The van der Waals surface area contributed by atoms with Crippen LogP contribution in [0.3, 0.4) is 0 Å². The molecule has 1 aromatic rings. The van der Waals surface area contributed by atoms with E-state index in [-0.39, 0.29) is 11.7 Å². The molecule has 1 unspecified atom stereocenters. The fraction of sp³-hybridized carbons (Fsp3) is 0.636. The molecular weight excluding hydrogens is 272 g/mol. The van der Waals surface area contributed by atoms with Gasteiger partial charge in [0.1, 0.15) is 10.3 Å². The number of aryl methyl sites for hydroxylation is 1. The van der Waals surface area contributed by atoms with E-state index in [2.05, 4.69) is 25.9 Å². The normalized spacial score (nSPS) is 20.2. The van der Waals surface area contributed by atoms with Crippen molar-refractivity contribution in [1.29, 1.82) is 0 Å². The van der Waals surface area contributed by atoms with Crippen molar-refractivity contribution in [1.82, 2.24) is 9.97 Å². The van der Waals surface area contributed by atoms with Gasteiger partial charge in [0.2, 0.25) is 0 Å². The summed E-state index contributed by atoms with van der Waals surface area (Å²) in [5.74, 6) is 0.733. The van der Waals surface area contributed by atoms with Gasteiger partial charge in [0.25, 0.3) is 5.56 Å². The van der Waals surface area contributed by atoms with Crippen LogP contribution >= 0.6 is 15.9 Å². The van der Waals surface area contributed by atoms with Gasteiger partial charge >= 0.3 is 0 Å². The predicted molar refractivity (Wildman–Crippen MR) is 64.6 cm³/mol. The van der Waals surface area contributed by atoms with Crippen LogP contribution in [-0.4, -0.2) is 22.7 Å². The lowest BCUT2D eigenvalue weighted by Crippen LogP contribution is -2.19. The molecule has 1 fully saturated rings. The van der Waals surface area contributed by atoms with Crippen molar-refractivity contribution in [2.75, 3.05) is 6.61 Å². The van der Waals surface area contributed by atoms with Crippen LogP contribution in [0.25, 0.3) is 0 Å². The van der Waals surface area contributed by atoms with E-state index in [1.165, 1.54) is 0 Å². The molecule has 0 radical (unpaired) electrons. The van der Waals surface area contributed by atoms with E-state index in [1.54, 1.807) is 0 Å². The highest BCUT2D eigenvalue weighted by molar-refractivity contribution is 9.10. The molecule has 1 saturated heterocycles. The van der Waals surface area contributed by atoms with Crippen LogP contribution < -0.4 is 5.56 Å². The quantitative estimate of drug-likeness (QED) is 0.922. The molecule has 1 aliphatic heterocycles. The Bertz CT molecular complexity index is 424. The minimum atomic E-state index is -0.0974. The van der Waals surface area contributed by atoms with E-state index in [1.807, 2.05) is 6.92 Å². The summed E-state index contributed by atoms with van der Waals surface area (Å²) >= 11 is 3.25. The van der Waals surface area contributed by atoms with Crippen molar-refractivity contribution >= 4 is 15.9 Å². The number of halogens is 1. The van der Waals surface area contributed by atoms with Gasteiger partial charge in [-0.15, -0.1) is 0 Å². The minimum absolute atomic E-state index is 0.0974. The number of rotatable bonds is 3. The number of ether oxygens (including phenoxy) is 1. The Morgan fingerprint density at radius 1 is 1.62 bits per heavy atom. The molecule has 1 aliphatic rings. The average molecular weight is 287 g/mol. The lowest BCUT2D eigenvalue weighted by atomic mass is 10.2. The summed E-state index contributed by atoms with van der Waals surface area (Å²) in [5, 5.41) is 0. The Hall–Kier alpha value is -0.680. The highest BCUT2D eigenvalue weighted by Crippen LogP contribution is 2.16. The van der Waals surface area contributed by atoms with Crippen molar-refractivity contribution in [3.8, 4) is 0 Å². The minimum Gasteiger partial charge on any atom is -0.378 e. The Morgan fingerprint density at radius 3 is 3.06 bits per heavy atom. The van der Waals surface area contributed by atoms with Gasteiger partial charge in [0, 0.05) is 13.0 Å². The van der Waals surface area contributed by atoms with Crippen LogP contribution in [-0.2, 0) is 17.6 Å². The smallest absolute Gasteiger partial charge is 0.265 e. The summed E-state index contributed by atoms with van der Waals surface area (Å²) in [7, 11) is 0. The molecule has 88 valence electrons. The summed E-state index contributed by atoms with van der Waals surface area (Å²) in [5.41, 5.74) is 0.719. The molecule has 5 heteroatoms. The van der Waals surface area contributed by atoms with Gasteiger partial charge in [-0.2, -0.15) is 0 Å². The number of aromatic amines is 1. The van der Waals surface area contributed by atoms with Gasteiger partial charge in [-0.1, -0.05) is 6.92 Å². The molecule has 1 atom stereocenters. The summed E-state index contributed by atoms with van der Waals surface area (Å²) in [4.78, 5) is 18.8.